The van der Waals surface area contributed by atoms with E-state index in [-0.39, 0.29) is 70.7 Å². The SMILES string of the molecule is C#Cc1cnc(Nc2cnc(C#N)c(O[C@H](C)CN(C)C)n2)cc1NC.CNc1cc(Nc2cnc(C#N)c(O[C@H](C)CN(C)C)n2)ncc1C.CNc1cc(Nc2cnc(C#N)c(O[C@H](C)CN(C)C)n2)ncc1C#CC(C)(C)O.CNc1cc(Nc2cnc(C#N)c(O[C@H](C)CN(C)C)n2)ncc1Cl. The summed E-state index contributed by atoms with van der Waals surface area (Å²) in [7, 11) is 22.7. The molecule has 0 fully saturated rings. The Morgan fingerprint density at radius 3 is 1.01 bits per heavy atom. The predicted molar refractivity (Wildman–Crippen MR) is 411 cm³/mol. The normalized spacial score (nSPS) is 11.7. The highest BCUT2D eigenvalue weighted by molar-refractivity contribution is 6.33. The van der Waals surface area contributed by atoms with E-state index in [2.05, 4.69) is 120 Å². The molecular formula is C72H91ClN28O5. The van der Waals surface area contributed by atoms with Crippen molar-refractivity contribution in [3.8, 4) is 72.0 Å². The van der Waals surface area contributed by atoms with Gasteiger partial charge in [0.2, 0.25) is 22.8 Å². The van der Waals surface area contributed by atoms with Crippen molar-refractivity contribution >= 4 is 80.9 Å². The van der Waals surface area contributed by atoms with Crippen molar-refractivity contribution < 1.29 is 24.1 Å². The van der Waals surface area contributed by atoms with E-state index in [0.29, 0.717) is 88.9 Å². The molecule has 0 aromatic carbocycles. The smallest absolute Gasteiger partial charge is 0.253 e. The maximum absolute atomic E-state index is 9.79. The minimum absolute atomic E-state index is 0.118. The van der Waals surface area contributed by atoms with Crippen LogP contribution in [-0.4, -0.2) is 225 Å². The Hall–Kier alpha value is -12.3. The number of terminal acetylenes is 1. The predicted octanol–water partition coefficient (Wildman–Crippen LogP) is 8.50. The molecule has 0 aliphatic carbocycles. The van der Waals surface area contributed by atoms with Crippen LogP contribution in [0.5, 0.6) is 23.5 Å². The number of nitrogens with one attached hydrogen (secondary N) is 8. The lowest BCUT2D eigenvalue weighted by atomic mass is 10.1. The number of nitrogens with zero attached hydrogens (tertiary/aromatic N) is 20. The van der Waals surface area contributed by atoms with Crippen molar-refractivity contribution in [1.29, 1.82) is 21.0 Å². The third-order valence-electron chi connectivity index (χ3n) is 13.7. The van der Waals surface area contributed by atoms with Crippen LogP contribution in [0.2, 0.25) is 5.02 Å². The Balaban J connectivity index is 0.000000254. The summed E-state index contributed by atoms with van der Waals surface area (Å²) >= 11 is 6.02. The van der Waals surface area contributed by atoms with Crippen LogP contribution in [0.4, 0.5) is 69.3 Å². The van der Waals surface area contributed by atoms with Crippen molar-refractivity contribution in [1.82, 2.24) is 79.4 Å². The number of hydrogen-bond donors (Lipinski definition) is 9. The highest BCUT2D eigenvalue weighted by atomic mass is 35.5. The van der Waals surface area contributed by atoms with Crippen LogP contribution in [0.3, 0.4) is 0 Å². The molecule has 34 heteroatoms. The van der Waals surface area contributed by atoms with Gasteiger partial charge in [-0.2, -0.15) is 41.0 Å². The number of anilines is 12. The molecule has 4 atom stereocenters. The van der Waals surface area contributed by atoms with Gasteiger partial charge in [-0.15, -0.1) is 6.42 Å². The van der Waals surface area contributed by atoms with Gasteiger partial charge in [0.15, 0.2) is 23.3 Å². The lowest BCUT2D eigenvalue weighted by Gasteiger charge is -2.18. The highest BCUT2D eigenvalue weighted by Crippen LogP contribution is 2.29. The summed E-state index contributed by atoms with van der Waals surface area (Å²) in [4.78, 5) is 58.9. The van der Waals surface area contributed by atoms with Crippen LogP contribution < -0.4 is 61.5 Å². The molecule has 0 amide bonds. The summed E-state index contributed by atoms with van der Waals surface area (Å²) in [5.74, 6) is 12.9. The van der Waals surface area contributed by atoms with Gasteiger partial charge >= 0.3 is 0 Å². The first-order valence-corrected chi connectivity index (χ1v) is 33.3. The van der Waals surface area contributed by atoms with Crippen LogP contribution in [0.1, 0.15) is 81.0 Å². The number of nitriles is 4. The van der Waals surface area contributed by atoms with Gasteiger partial charge in [0.1, 0.15) is 77.6 Å². The van der Waals surface area contributed by atoms with E-state index in [1.165, 1.54) is 31.0 Å². The van der Waals surface area contributed by atoms with Crippen molar-refractivity contribution in [2.75, 3.05) is 153 Å². The Bertz CT molecular complexity index is 4380. The number of rotatable bonds is 28. The van der Waals surface area contributed by atoms with Gasteiger partial charge in [0.05, 0.1) is 64.2 Å². The van der Waals surface area contributed by atoms with E-state index in [4.69, 9.17) is 37.0 Å². The number of aliphatic hydroxyl groups is 1. The van der Waals surface area contributed by atoms with Gasteiger partial charge in [-0.3, -0.25) is 0 Å². The van der Waals surface area contributed by atoms with Gasteiger partial charge in [-0.05, 0) is 110 Å². The molecule has 0 unspecified atom stereocenters. The summed E-state index contributed by atoms with van der Waals surface area (Å²) in [5.41, 5.74) is 5.00. The molecule has 0 saturated carbocycles. The molecule has 0 saturated heterocycles. The molecule has 0 aliphatic heterocycles. The highest BCUT2D eigenvalue weighted by Gasteiger charge is 2.20. The molecule has 8 aromatic rings. The molecule has 8 heterocycles. The van der Waals surface area contributed by atoms with Crippen molar-refractivity contribution in [3.63, 3.8) is 0 Å². The molecule has 556 valence electrons. The third kappa shape index (κ3) is 28.1. The van der Waals surface area contributed by atoms with E-state index in [9.17, 15) is 26.2 Å². The van der Waals surface area contributed by atoms with E-state index < -0.39 is 5.60 Å². The number of hydrogen-bond acceptors (Lipinski definition) is 33. The van der Waals surface area contributed by atoms with E-state index in [1.54, 1.807) is 71.8 Å². The zero-order valence-electron chi connectivity index (χ0n) is 63.0. The van der Waals surface area contributed by atoms with Crippen LogP contribution in [0.15, 0.2) is 73.8 Å². The third-order valence-corrected chi connectivity index (χ3v) is 14.0. The number of halogens is 1. The monoisotopic (exact) mass is 1460 g/mol. The standard InChI is InChI=1S/C21H27N7O2.C18H21N7O.C17H23N7O.C16H20ClN7O/c1-14(13-28(5)6)30-20-17(10-22)24-12-19(27-20)26-18-9-16(23-4)15(11-25-18)7-8-21(2,3)29;1-6-13-9-22-16(7-14(13)20-3)23-17-10-21-15(8-19)18(24-17)26-12(2)11-25(4)5;1-11-8-21-15(6-13(11)19-3)22-16-9-20-14(7-18)17(23-16)25-12(2)10-24(4)5;1-10(9-24(3)4)25-16-13(6-18)20-8-15(23-16)22-14-5-12(19-2)11(17)7-21-14/h9,11-12,14,29H,13H2,1-6H3,(H2,23,25,26,27);1,7,9-10,12H,11H2,2-5H3,(H2,20,22,23,24);6,8-9,12H,10H2,1-5H3,(H2,19,21,22,23);5,7-8,10H,9H2,1-4H3,(H2,19,21,22,23)/t14-;2*12-;10-/m1111/s1. The number of aryl methyl sites for hydroxylation is 1. The van der Waals surface area contributed by atoms with E-state index in [1.807, 2.05) is 148 Å². The first-order valence-electron chi connectivity index (χ1n) is 32.9. The van der Waals surface area contributed by atoms with Gasteiger partial charge in [0, 0.05) is 103 Å². The zero-order chi connectivity index (χ0) is 78.2. The maximum atomic E-state index is 9.79. The minimum Gasteiger partial charge on any atom is -0.471 e. The Morgan fingerprint density at radius 2 is 0.717 bits per heavy atom. The second-order valence-corrected chi connectivity index (χ2v) is 25.4. The molecular weight excluding hydrogens is 1370 g/mol. The Labute approximate surface area is 624 Å². The van der Waals surface area contributed by atoms with Crippen LogP contribution in [0.25, 0.3) is 0 Å². The van der Waals surface area contributed by atoms with Crippen LogP contribution in [-0.2, 0) is 0 Å². The first-order chi connectivity index (χ1) is 50.4. The second kappa shape index (κ2) is 41.7. The van der Waals surface area contributed by atoms with E-state index in [0.717, 1.165) is 28.3 Å². The summed E-state index contributed by atoms with van der Waals surface area (Å²) in [6, 6.07) is 15.1. The van der Waals surface area contributed by atoms with Crippen molar-refractivity contribution in [2.45, 2.75) is 78.5 Å². The average Bonchev–Trinajstić information content (AvgIpc) is 0.857. The first kappa shape index (κ1) is 84.3. The summed E-state index contributed by atoms with van der Waals surface area (Å²) < 4.78 is 23.1. The van der Waals surface area contributed by atoms with Gasteiger partial charge in [-0.1, -0.05) is 29.4 Å². The Morgan fingerprint density at radius 1 is 0.434 bits per heavy atom. The average molecular weight is 1460 g/mol. The van der Waals surface area contributed by atoms with Crippen molar-refractivity contribution in [2.24, 2.45) is 0 Å². The quantitative estimate of drug-likeness (QED) is 0.0207. The topological polar surface area (TPSA) is 416 Å². The fourth-order valence-corrected chi connectivity index (χ4v) is 9.51. The number of likely N-dealkylation sites (N-methyl/N-ethyl adjacent to an activating group) is 4. The maximum Gasteiger partial charge on any atom is 0.253 e. The van der Waals surface area contributed by atoms with Gasteiger partial charge in [-0.25, -0.2) is 39.9 Å². The molecule has 0 aliphatic rings. The number of pyridine rings is 4. The van der Waals surface area contributed by atoms with Crippen LogP contribution >= 0.6 is 11.6 Å². The second-order valence-electron chi connectivity index (χ2n) is 25.0. The van der Waals surface area contributed by atoms with Crippen molar-refractivity contribution in [3.05, 3.63) is 118 Å². The number of aromatic nitrogens is 12. The molecule has 106 heavy (non-hydrogen) atoms. The van der Waals surface area contributed by atoms with E-state index >= 15 is 0 Å². The molecule has 9 N–H and O–H groups in total. The summed E-state index contributed by atoms with van der Waals surface area (Å²) in [6.07, 6.45) is 17.2. The molecule has 0 bridgehead atoms. The largest absolute Gasteiger partial charge is 0.471 e. The Kier molecular flexibility index (Phi) is 33.2. The lowest BCUT2D eigenvalue weighted by Crippen LogP contribution is -2.28. The molecule has 0 spiro atoms. The molecule has 0 radical (unpaired) electrons. The zero-order valence-corrected chi connectivity index (χ0v) is 63.8. The van der Waals surface area contributed by atoms with Gasteiger partial charge < -0.3 is 86.2 Å². The fourth-order valence-electron chi connectivity index (χ4n) is 9.31. The fraction of sp³-hybridized carbons (Fsp3) is 0.389. The lowest BCUT2D eigenvalue weighted by molar-refractivity contribution is 0.143. The minimum atomic E-state index is -1.10. The summed E-state index contributed by atoms with van der Waals surface area (Å²) in [5, 5.41) is 71.6. The number of ether oxygens (including phenoxy) is 4. The molecule has 8 aromatic heterocycles. The van der Waals surface area contributed by atoms with Crippen LogP contribution in [0, 0.1) is 76.4 Å². The summed E-state index contributed by atoms with van der Waals surface area (Å²) in [6.45, 7) is 15.6. The van der Waals surface area contributed by atoms with Gasteiger partial charge in [0.25, 0.3) is 23.5 Å². The molecule has 8 rings (SSSR count). The molecule has 33 nitrogen and oxygen atoms in total.